The van der Waals surface area contributed by atoms with Crippen LogP contribution >= 0.6 is 11.6 Å². The summed E-state index contributed by atoms with van der Waals surface area (Å²) in [5.41, 5.74) is 1.93. The van der Waals surface area contributed by atoms with Gasteiger partial charge >= 0.3 is 5.97 Å². The van der Waals surface area contributed by atoms with E-state index in [1.54, 1.807) is 29.2 Å². The van der Waals surface area contributed by atoms with Crippen molar-refractivity contribution < 1.29 is 19.1 Å². The molecule has 1 amide bonds. The molecule has 0 saturated heterocycles. The van der Waals surface area contributed by atoms with E-state index in [-0.39, 0.29) is 19.1 Å². The maximum Gasteiger partial charge on any atom is 0.338 e. The summed E-state index contributed by atoms with van der Waals surface area (Å²) in [5.74, 6) is -0.166. The lowest BCUT2D eigenvalue weighted by atomic mass is 10.1. The zero-order valence-corrected chi connectivity index (χ0v) is 14.6. The van der Waals surface area contributed by atoms with Crippen molar-refractivity contribution in [1.29, 1.82) is 0 Å². The normalized spacial score (nSPS) is 12.5. The van der Waals surface area contributed by atoms with Gasteiger partial charge in [-0.25, -0.2) is 4.79 Å². The van der Waals surface area contributed by atoms with Gasteiger partial charge in [-0.1, -0.05) is 23.8 Å². The van der Waals surface area contributed by atoms with Crippen LogP contribution in [0.2, 0.25) is 5.02 Å². The number of hydrogen-bond acceptors (Lipinski definition) is 4. The van der Waals surface area contributed by atoms with Crippen molar-refractivity contribution in [2.24, 2.45) is 0 Å². The first-order valence-electron chi connectivity index (χ1n) is 7.63. The second kappa shape index (κ2) is 8.02. The van der Waals surface area contributed by atoms with E-state index >= 15 is 0 Å². The van der Waals surface area contributed by atoms with Gasteiger partial charge < -0.3 is 14.4 Å². The molecule has 1 heterocycles. The number of halogens is 1. The second-order valence-corrected chi connectivity index (χ2v) is 6.02. The van der Waals surface area contributed by atoms with Crippen LogP contribution in [0, 0.1) is 0 Å². The first kappa shape index (κ1) is 18.1. The van der Waals surface area contributed by atoms with E-state index < -0.39 is 5.97 Å². The van der Waals surface area contributed by atoms with Crippen LogP contribution in [0.4, 0.5) is 0 Å². The van der Waals surface area contributed by atoms with Gasteiger partial charge in [-0.05, 0) is 38.1 Å². The fraction of sp³-hybridized carbons (Fsp3) is 0.333. The molecule has 0 bridgehead atoms. The molecular formula is C18H20ClNO4. The molecule has 2 rings (SSSR count). The Labute approximate surface area is 146 Å². The summed E-state index contributed by atoms with van der Waals surface area (Å²) in [6, 6.07) is 5.17. The molecule has 6 heteroatoms. The van der Waals surface area contributed by atoms with Crippen LogP contribution in [-0.2, 0) is 14.3 Å². The van der Waals surface area contributed by atoms with E-state index in [2.05, 4.69) is 6.58 Å². The summed E-state index contributed by atoms with van der Waals surface area (Å²) in [6.07, 6.45) is 1.67. The van der Waals surface area contributed by atoms with Gasteiger partial charge in [0, 0.05) is 23.7 Å². The van der Waals surface area contributed by atoms with Crippen LogP contribution in [0.25, 0.3) is 6.08 Å². The molecule has 0 atom stereocenters. The Kier molecular flexibility index (Phi) is 6.04. The first-order valence-corrected chi connectivity index (χ1v) is 8.00. The molecular weight excluding hydrogens is 330 g/mol. The van der Waals surface area contributed by atoms with Gasteiger partial charge in [0.15, 0.2) is 6.61 Å². The van der Waals surface area contributed by atoms with Crippen LogP contribution in [-0.4, -0.2) is 43.1 Å². The maximum atomic E-state index is 12.1. The number of fused-ring (bicyclic) bond motifs is 1. The van der Waals surface area contributed by atoms with Crippen molar-refractivity contribution in [3.05, 3.63) is 46.5 Å². The number of likely N-dealkylation sites (N-methyl/N-ethyl adjacent to an activating group) is 1. The predicted molar refractivity (Wildman–Crippen MR) is 93.0 cm³/mol. The highest BCUT2D eigenvalue weighted by atomic mass is 35.5. The summed E-state index contributed by atoms with van der Waals surface area (Å²) in [7, 11) is 0. The van der Waals surface area contributed by atoms with E-state index in [4.69, 9.17) is 21.1 Å². The van der Waals surface area contributed by atoms with Gasteiger partial charge in [0.05, 0.1) is 5.57 Å². The van der Waals surface area contributed by atoms with E-state index in [1.165, 1.54) is 0 Å². The van der Waals surface area contributed by atoms with Crippen molar-refractivity contribution >= 4 is 29.6 Å². The standard InChI is InChI=1S/C18H20ClNO4/c1-4-20(9-12(2)3)17(21)11-24-18(22)14-7-13-8-15(19)5-6-16(13)23-10-14/h5-8H,2,4,9-11H2,1,3H3. The lowest BCUT2D eigenvalue weighted by Crippen LogP contribution is -2.36. The van der Waals surface area contributed by atoms with Gasteiger partial charge in [0.2, 0.25) is 0 Å². The number of ether oxygens (including phenoxy) is 2. The molecule has 1 aliphatic rings. The van der Waals surface area contributed by atoms with Crippen molar-refractivity contribution in [1.82, 2.24) is 4.90 Å². The molecule has 1 aliphatic heterocycles. The highest BCUT2D eigenvalue weighted by Gasteiger charge is 2.21. The van der Waals surface area contributed by atoms with Crippen LogP contribution in [0.3, 0.4) is 0 Å². The van der Waals surface area contributed by atoms with E-state index in [0.29, 0.717) is 35.0 Å². The van der Waals surface area contributed by atoms with Crippen LogP contribution in [0.5, 0.6) is 5.75 Å². The van der Waals surface area contributed by atoms with Crippen molar-refractivity contribution in [2.45, 2.75) is 13.8 Å². The minimum Gasteiger partial charge on any atom is -0.488 e. The molecule has 0 aromatic heterocycles. The van der Waals surface area contributed by atoms with Gasteiger partial charge in [0.25, 0.3) is 5.91 Å². The molecule has 0 radical (unpaired) electrons. The van der Waals surface area contributed by atoms with Crippen molar-refractivity contribution in [3.8, 4) is 5.75 Å². The van der Waals surface area contributed by atoms with E-state index in [9.17, 15) is 9.59 Å². The molecule has 0 spiro atoms. The Morgan fingerprint density at radius 3 is 2.83 bits per heavy atom. The molecule has 0 fully saturated rings. The minimum atomic E-state index is -0.569. The van der Waals surface area contributed by atoms with Crippen LogP contribution in [0.15, 0.2) is 35.9 Å². The first-order chi connectivity index (χ1) is 11.4. The van der Waals surface area contributed by atoms with E-state index in [1.807, 2.05) is 13.8 Å². The summed E-state index contributed by atoms with van der Waals surface area (Å²) < 4.78 is 10.6. The minimum absolute atomic E-state index is 0.102. The number of esters is 1. The quantitative estimate of drug-likeness (QED) is 0.585. The van der Waals surface area contributed by atoms with Crippen LogP contribution < -0.4 is 4.74 Å². The summed E-state index contributed by atoms with van der Waals surface area (Å²) in [5, 5.41) is 0.553. The fourth-order valence-electron chi connectivity index (χ4n) is 2.28. The predicted octanol–water partition coefficient (Wildman–Crippen LogP) is 3.08. The molecule has 128 valence electrons. The zero-order chi connectivity index (χ0) is 17.7. The topological polar surface area (TPSA) is 55.8 Å². The van der Waals surface area contributed by atoms with Crippen LogP contribution in [0.1, 0.15) is 19.4 Å². The Morgan fingerprint density at radius 1 is 1.42 bits per heavy atom. The SMILES string of the molecule is C=C(C)CN(CC)C(=O)COC(=O)C1=Cc2cc(Cl)ccc2OC1. The number of carbonyl (C=O) groups excluding carboxylic acids is 2. The number of carbonyl (C=O) groups is 2. The van der Waals surface area contributed by atoms with E-state index in [0.717, 1.165) is 5.57 Å². The third-order valence-electron chi connectivity index (χ3n) is 3.47. The fourth-order valence-corrected chi connectivity index (χ4v) is 2.46. The van der Waals surface area contributed by atoms with Crippen molar-refractivity contribution in [3.63, 3.8) is 0 Å². The molecule has 0 N–H and O–H groups in total. The Bertz CT molecular complexity index is 696. The number of nitrogens with zero attached hydrogens (tertiary/aromatic N) is 1. The summed E-state index contributed by atoms with van der Waals surface area (Å²) in [4.78, 5) is 25.8. The average Bonchev–Trinajstić information content (AvgIpc) is 2.56. The Balaban J connectivity index is 1.98. The molecule has 0 saturated carbocycles. The number of benzene rings is 1. The third-order valence-corrected chi connectivity index (χ3v) is 3.70. The summed E-state index contributed by atoms with van der Waals surface area (Å²) >= 11 is 5.94. The lowest BCUT2D eigenvalue weighted by Gasteiger charge is -2.21. The van der Waals surface area contributed by atoms with Crippen molar-refractivity contribution in [2.75, 3.05) is 26.3 Å². The lowest BCUT2D eigenvalue weighted by molar-refractivity contribution is -0.148. The Hall–Kier alpha value is -2.27. The maximum absolute atomic E-state index is 12.1. The largest absolute Gasteiger partial charge is 0.488 e. The van der Waals surface area contributed by atoms with Gasteiger partial charge in [-0.3, -0.25) is 4.79 Å². The van der Waals surface area contributed by atoms with Gasteiger partial charge in [-0.15, -0.1) is 0 Å². The number of amides is 1. The second-order valence-electron chi connectivity index (χ2n) is 5.58. The highest BCUT2D eigenvalue weighted by Crippen LogP contribution is 2.29. The van der Waals surface area contributed by atoms with Gasteiger partial charge in [-0.2, -0.15) is 0 Å². The molecule has 1 aromatic rings. The summed E-state index contributed by atoms with van der Waals surface area (Å²) in [6.45, 7) is 8.26. The molecule has 1 aromatic carbocycles. The number of rotatable bonds is 6. The average molecular weight is 350 g/mol. The molecule has 24 heavy (non-hydrogen) atoms. The Morgan fingerprint density at radius 2 is 2.17 bits per heavy atom. The van der Waals surface area contributed by atoms with Gasteiger partial charge in [0.1, 0.15) is 12.4 Å². The molecule has 0 aliphatic carbocycles. The molecule has 5 nitrogen and oxygen atoms in total. The smallest absolute Gasteiger partial charge is 0.338 e. The number of hydrogen-bond donors (Lipinski definition) is 0. The third kappa shape index (κ3) is 4.61. The molecule has 0 unspecified atom stereocenters. The highest BCUT2D eigenvalue weighted by molar-refractivity contribution is 6.30. The zero-order valence-electron chi connectivity index (χ0n) is 13.8. The monoisotopic (exact) mass is 349 g/mol.